The van der Waals surface area contributed by atoms with Crippen LogP contribution in [0.3, 0.4) is 0 Å². The lowest BCUT2D eigenvalue weighted by Crippen LogP contribution is -1.94. The Labute approximate surface area is 107 Å². The standard InChI is InChI=1S/C10H12BrNO3S/c1-15-4-5-16-7-8-2-3-9(11)10(6-8)12(13)14/h2-3,6H,4-5,7H2,1H3. The Morgan fingerprint density at radius 2 is 2.31 bits per heavy atom. The molecule has 1 aromatic rings. The van der Waals surface area contributed by atoms with E-state index in [1.54, 1.807) is 31.0 Å². The van der Waals surface area contributed by atoms with Gasteiger partial charge in [0.2, 0.25) is 0 Å². The van der Waals surface area contributed by atoms with Crippen molar-refractivity contribution in [3.05, 3.63) is 38.3 Å². The average molecular weight is 306 g/mol. The van der Waals surface area contributed by atoms with Gasteiger partial charge in [0.15, 0.2) is 0 Å². The number of thioether (sulfide) groups is 1. The van der Waals surface area contributed by atoms with E-state index in [0.717, 1.165) is 17.1 Å². The molecule has 0 spiro atoms. The number of benzene rings is 1. The van der Waals surface area contributed by atoms with Crippen molar-refractivity contribution in [2.24, 2.45) is 0 Å². The van der Waals surface area contributed by atoms with Crippen molar-refractivity contribution in [1.29, 1.82) is 0 Å². The number of hydrogen-bond acceptors (Lipinski definition) is 4. The van der Waals surface area contributed by atoms with E-state index in [-0.39, 0.29) is 10.6 Å². The normalized spacial score (nSPS) is 10.4. The molecule has 0 fully saturated rings. The summed E-state index contributed by atoms with van der Waals surface area (Å²) in [7, 11) is 1.66. The van der Waals surface area contributed by atoms with Crippen LogP contribution < -0.4 is 0 Å². The minimum atomic E-state index is -0.382. The SMILES string of the molecule is COCCSCc1ccc(Br)c([N+](=O)[O-])c1. The second-order valence-corrected chi connectivity index (χ2v) is 5.05. The maximum absolute atomic E-state index is 10.7. The molecule has 0 bridgehead atoms. The molecular weight excluding hydrogens is 294 g/mol. The van der Waals surface area contributed by atoms with E-state index in [1.807, 2.05) is 6.07 Å². The van der Waals surface area contributed by atoms with Crippen molar-refractivity contribution < 1.29 is 9.66 Å². The summed E-state index contributed by atoms with van der Waals surface area (Å²) in [5, 5.41) is 10.7. The van der Waals surface area contributed by atoms with Crippen LogP contribution in [0.5, 0.6) is 0 Å². The summed E-state index contributed by atoms with van der Waals surface area (Å²) >= 11 is 4.85. The van der Waals surface area contributed by atoms with Crippen LogP contribution in [0.15, 0.2) is 22.7 Å². The van der Waals surface area contributed by atoms with Gasteiger partial charge in [-0.3, -0.25) is 10.1 Å². The Kier molecular flexibility index (Phi) is 5.79. The molecule has 0 radical (unpaired) electrons. The van der Waals surface area contributed by atoms with Crippen molar-refractivity contribution in [1.82, 2.24) is 0 Å². The molecule has 0 atom stereocenters. The maximum Gasteiger partial charge on any atom is 0.283 e. The van der Waals surface area contributed by atoms with Crippen LogP contribution >= 0.6 is 27.7 Å². The van der Waals surface area contributed by atoms with E-state index >= 15 is 0 Å². The molecular formula is C10H12BrNO3S. The number of nitro benzene ring substituents is 1. The van der Waals surface area contributed by atoms with E-state index in [2.05, 4.69) is 15.9 Å². The Hall–Kier alpha value is -0.590. The molecule has 0 amide bonds. The zero-order valence-electron chi connectivity index (χ0n) is 8.81. The highest BCUT2D eigenvalue weighted by Crippen LogP contribution is 2.27. The molecule has 0 N–H and O–H groups in total. The first-order valence-electron chi connectivity index (χ1n) is 4.64. The molecule has 0 saturated carbocycles. The third-order valence-electron chi connectivity index (χ3n) is 1.91. The number of methoxy groups -OCH3 is 1. The molecule has 16 heavy (non-hydrogen) atoms. The smallest absolute Gasteiger partial charge is 0.283 e. The van der Waals surface area contributed by atoms with Gasteiger partial charge in [-0.05, 0) is 27.6 Å². The van der Waals surface area contributed by atoms with Crippen LogP contribution in [0.2, 0.25) is 0 Å². The first kappa shape index (κ1) is 13.5. The lowest BCUT2D eigenvalue weighted by Gasteiger charge is -2.02. The third kappa shape index (κ3) is 4.11. The molecule has 1 aromatic carbocycles. The number of nitro groups is 1. The van der Waals surface area contributed by atoms with E-state index in [9.17, 15) is 10.1 Å². The van der Waals surface area contributed by atoms with Crippen LogP contribution in [-0.2, 0) is 10.5 Å². The topological polar surface area (TPSA) is 52.4 Å². The predicted octanol–water partition coefficient (Wildman–Crippen LogP) is 3.24. The highest BCUT2D eigenvalue weighted by Gasteiger charge is 2.11. The minimum absolute atomic E-state index is 0.116. The summed E-state index contributed by atoms with van der Waals surface area (Å²) in [5.41, 5.74) is 1.07. The third-order valence-corrected chi connectivity index (χ3v) is 3.57. The van der Waals surface area contributed by atoms with Crippen molar-refractivity contribution >= 4 is 33.4 Å². The second-order valence-electron chi connectivity index (χ2n) is 3.09. The predicted molar refractivity (Wildman–Crippen MR) is 68.8 cm³/mol. The molecule has 0 heterocycles. The molecule has 1 rings (SSSR count). The van der Waals surface area contributed by atoms with Gasteiger partial charge in [0, 0.05) is 24.7 Å². The quantitative estimate of drug-likeness (QED) is 0.460. The van der Waals surface area contributed by atoms with Crippen LogP contribution in [0.4, 0.5) is 5.69 Å². The van der Waals surface area contributed by atoms with Gasteiger partial charge in [-0.25, -0.2) is 0 Å². The molecule has 0 aliphatic carbocycles. The fraction of sp³-hybridized carbons (Fsp3) is 0.400. The van der Waals surface area contributed by atoms with Crippen LogP contribution in [-0.4, -0.2) is 24.4 Å². The number of ether oxygens (including phenoxy) is 1. The lowest BCUT2D eigenvalue weighted by molar-refractivity contribution is -0.385. The van der Waals surface area contributed by atoms with Crippen molar-refractivity contribution in [3.8, 4) is 0 Å². The highest BCUT2D eigenvalue weighted by atomic mass is 79.9. The van der Waals surface area contributed by atoms with Crippen molar-refractivity contribution in [3.63, 3.8) is 0 Å². The zero-order valence-corrected chi connectivity index (χ0v) is 11.2. The van der Waals surface area contributed by atoms with Crippen LogP contribution in [0, 0.1) is 10.1 Å². The molecule has 0 unspecified atom stereocenters. The monoisotopic (exact) mass is 305 g/mol. The highest BCUT2D eigenvalue weighted by molar-refractivity contribution is 9.10. The summed E-state index contributed by atoms with van der Waals surface area (Å²) in [6.45, 7) is 0.698. The average Bonchev–Trinajstić information content (AvgIpc) is 2.26. The van der Waals surface area contributed by atoms with Gasteiger partial charge in [-0.15, -0.1) is 0 Å². The largest absolute Gasteiger partial charge is 0.384 e. The second kappa shape index (κ2) is 6.88. The van der Waals surface area contributed by atoms with Gasteiger partial charge in [0.1, 0.15) is 0 Å². The fourth-order valence-electron chi connectivity index (χ4n) is 1.12. The first-order chi connectivity index (χ1) is 7.65. The summed E-state index contributed by atoms with van der Waals surface area (Å²) in [6.07, 6.45) is 0. The maximum atomic E-state index is 10.7. The summed E-state index contributed by atoms with van der Waals surface area (Å²) in [5.74, 6) is 1.65. The van der Waals surface area contributed by atoms with Crippen molar-refractivity contribution in [2.75, 3.05) is 19.5 Å². The lowest BCUT2D eigenvalue weighted by atomic mass is 10.2. The first-order valence-corrected chi connectivity index (χ1v) is 6.59. The Bertz CT molecular complexity index is 373. The number of hydrogen-bond donors (Lipinski definition) is 0. The van der Waals surface area contributed by atoms with Gasteiger partial charge in [-0.2, -0.15) is 11.8 Å². The van der Waals surface area contributed by atoms with E-state index in [0.29, 0.717) is 11.1 Å². The van der Waals surface area contributed by atoms with Gasteiger partial charge in [0.25, 0.3) is 5.69 Å². The Morgan fingerprint density at radius 1 is 1.56 bits per heavy atom. The van der Waals surface area contributed by atoms with E-state index < -0.39 is 0 Å². The Morgan fingerprint density at radius 3 is 2.94 bits per heavy atom. The molecule has 0 aliphatic rings. The van der Waals surface area contributed by atoms with E-state index in [4.69, 9.17) is 4.74 Å². The summed E-state index contributed by atoms with van der Waals surface area (Å²) < 4.78 is 5.44. The van der Waals surface area contributed by atoms with Gasteiger partial charge < -0.3 is 4.74 Å². The Balaban J connectivity index is 2.61. The van der Waals surface area contributed by atoms with Crippen LogP contribution in [0.1, 0.15) is 5.56 Å². The number of nitrogens with zero attached hydrogens (tertiary/aromatic N) is 1. The summed E-state index contributed by atoms with van der Waals surface area (Å²) in [6, 6.07) is 5.20. The minimum Gasteiger partial charge on any atom is -0.384 e. The fourth-order valence-corrected chi connectivity index (χ4v) is 2.36. The summed E-state index contributed by atoms with van der Waals surface area (Å²) in [4.78, 5) is 10.3. The molecule has 88 valence electrons. The number of halogens is 1. The molecule has 0 aromatic heterocycles. The van der Waals surface area contributed by atoms with Gasteiger partial charge >= 0.3 is 0 Å². The molecule has 0 saturated heterocycles. The number of rotatable bonds is 6. The van der Waals surface area contributed by atoms with Gasteiger partial charge in [-0.1, -0.05) is 6.07 Å². The zero-order chi connectivity index (χ0) is 12.0. The van der Waals surface area contributed by atoms with E-state index in [1.165, 1.54) is 0 Å². The van der Waals surface area contributed by atoms with Crippen molar-refractivity contribution in [2.45, 2.75) is 5.75 Å². The molecule has 4 nitrogen and oxygen atoms in total. The van der Waals surface area contributed by atoms with Gasteiger partial charge in [0.05, 0.1) is 16.0 Å². The molecule has 0 aliphatic heterocycles. The molecule has 6 heteroatoms. The van der Waals surface area contributed by atoms with Crippen LogP contribution in [0.25, 0.3) is 0 Å².